The van der Waals surface area contributed by atoms with Crippen LogP contribution in [0.5, 0.6) is 0 Å². The number of aromatic nitrogens is 3. The number of fused-ring (bicyclic) bond motifs is 1. The van der Waals surface area contributed by atoms with Crippen LogP contribution >= 0.6 is 23.4 Å². The number of pyridine rings is 1. The van der Waals surface area contributed by atoms with Gasteiger partial charge in [0, 0.05) is 41.0 Å². The number of hydrogen-bond acceptors (Lipinski definition) is 4. The Hall–Kier alpha value is -2.31. The van der Waals surface area contributed by atoms with E-state index in [9.17, 15) is 4.79 Å². The van der Waals surface area contributed by atoms with Gasteiger partial charge in [-0.05, 0) is 36.8 Å². The smallest absolute Gasteiger partial charge is 0.233 e. The van der Waals surface area contributed by atoms with Crippen molar-refractivity contribution in [2.45, 2.75) is 24.4 Å². The highest BCUT2D eigenvalue weighted by atomic mass is 35.5. The number of benzene rings is 1. The molecule has 1 aromatic carbocycles. The van der Waals surface area contributed by atoms with Crippen molar-refractivity contribution >= 4 is 29.3 Å². The predicted molar refractivity (Wildman–Crippen MR) is 108 cm³/mol. The second kappa shape index (κ2) is 8.15. The normalized spacial score (nSPS) is 13.9. The average molecular weight is 399 g/mol. The number of halogens is 1. The molecule has 3 heterocycles. The van der Waals surface area contributed by atoms with Crippen LogP contribution in [0.2, 0.25) is 5.02 Å². The zero-order valence-corrected chi connectivity index (χ0v) is 16.3. The molecule has 4 rings (SSSR count). The maximum absolute atomic E-state index is 12.7. The fourth-order valence-corrected chi connectivity index (χ4v) is 4.02. The van der Waals surface area contributed by atoms with Crippen LogP contribution in [0.1, 0.15) is 12.1 Å². The molecule has 2 aromatic heterocycles. The summed E-state index contributed by atoms with van der Waals surface area (Å²) < 4.78 is 2.02. The van der Waals surface area contributed by atoms with Crippen molar-refractivity contribution < 1.29 is 4.79 Å². The van der Waals surface area contributed by atoms with E-state index < -0.39 is 0 Å². The Bertz CT molecular complexity index is 927. The largest absolute Gasteiger partial charge is 0.336 e. The molecule has 0 radical (unpaired) electrons. The lowest BCUT2D eigenvalue weighted by molar-refractivity contribution is -0.128. The third kappa shape index (κ3) is 4.34. The van der Waals surface area contributed by atoms with Crippen molar-refractivity contribution in [3.63, 3.8) is 0 Å². The van der Waals surface area contributed by atoms with Crippen LogP contribution in [0.25, 0.3) is 11.3 Å². The third-order valence-electron chi connectivity index (χ3n) is 4.52. The van der Waals surface area contributed by atoms with E-state index in [4.69, 9.17) is 16.7 Å². The fraction of sp³-hybridized carbons (Fsp3) is 0.250. The number of nitrogens with zero attached hydrogens (tertiary/aromatic N) is 4. The molecule has 0 aliphatic carbocycles. The molecule has 0 spiro atoms. The first-order valence-corrected chi connectivity index (χ1v) is 10.2. The fourth-order valence-electron chi connectivity index (χ4n) is 3.11. The number of carbonyl (C=O) groups excluding carboxylic acids is 1. The summed E-state index contributed by atoms with van der Waals surface area (Å²) in [6.45, 7) is 2.18. The van der Waals surface area contributed by atoms with E-state index >= 15 is 0 Å². The highest BCUT2D eigenvalue weighted by molar-refractivity contribution is 8.00. The highest BCUT2D eigenvalue weighted by Crippen LogP contribution is 2.24. The van der Waals surface area contributed by atoms with E-state index in [0.29, 0.717) is 17.3 Å². The second-order valence-corrected chi connectivity index (χ2v) is 7.88. The average Bonchev–Trinajstić information content (AvgIpc) is 2.99. The molecule has 0 saturated carbocycles. The molecule has 0 bridgehead atoms. The summed E-state index contributed by atoms with van der Waals surface area (Å²) in [5.41, 5.74) is 3.02. The number of amides is 1. The Morgan fingerprint density at radius 3 is 2.67 bits per heavy atom. The van der Waals surface area contributed by atoms with Gasteiger partial charge in [-0.25, -0.2) is 0 Å². The lowest BCUT2D eigenvalue weighted by Gasteiger charge is -2.19. The van der Waals surface area contributed by atoms with Crippen LogP contribution in [0, 0.1) is 0 Å². The van der Waals surface area contributed by atoms with Crippen LogP contribution in [0.15, 0.2) is 59.8 Å². The Labute approximate surface area is 167 Å². The quantitative estimate of drug-likeness (QED) is 0.620. The number of carbonyl (C=O) groups is 1. The van der Waals surface area contributed by atoms with Gasteiger partial charge in [0.1, 0.15) is 0 Å². The van der Waals surface area contributed by atoms with E-state index in [1.807, 2.05) is 46.0 Å². The monoisotopic (exact) mass is 398 g/mol. The first-order valence-electron chi connectivity index (χ1n) is 8.82. The molecule has 0 fully saturated rings. The molecule has 0 saturated heterocycles. The van der Waals surface area contributed by atoms with Gasteiger partial charge in [-0.1, -0.05) is 23.7 Å². The van der Waals surface area contributed by atoms with E-state index in [0.717, 1.165) is 41.4 Å². The first kappa shape index (κ1) is 18.1. The summed E-state index contributed by atoms with van der Waals surface area (Å²) in [5, 5.41) is 5.43. The number of rotatable bonds is 4. The number of aryl methyl sites for hydroxylation is 1. The number of hydrogen-bond donors (Lipinski definition) is 0. The van der Waals surface area contributed by atoms with Crippen molar-refractivity contribution in [1.82, 2.24) is 19.7 Å². The molecule has 27 heavy (non-hydrogen) atoms. The van der Waals surface area contributed by atoms with E-state index in [1.165, 1.54) is 0 Å². The van der Waals surface area contributed by atoms with Gasteiger partial charge in [0.05, 0.1) is 23.7 Å². The Morgan fingerprint density at radius 1 is 1.11 bits per heavy atom. The Morgan fingerprint density at radius 2 is 1.89 bits per heavy atom. The number of thioether (sulfide) groups is 1. The van der Waals surface area contributed by atoms with Crippen molar-refractivity contribution in [3.05, 3.63) is 65.6 Å². The lowest BCUT2D eigenvalue weighted by Crippen LogP contribution is -2.32. The van der Waals surface area contributed by atoms with Crippen molar-refractivity contribution in [3.8, 4) is 11.3 Å². The van der Waals surface area contributed by atoms with Crippen molar-refractivity contribution in [1.29, 1.82) is 0 Å². The maximum Gasteiger partial charge on any atom is 0.233 e. The molecule has 138 valence electrons. The van der Waals surface area contributed by atoms with Gasteiger partial charge in [-0.15, -0.1) is 11.8 Å². The van der Waals surface area contributed by atoms with Gasteiger partial charge >= 0.3 is 0 Å². The minimum Gasteiger partial charge on any atom is -0.336 e. The summed E-state index contributed by atoms with van der Waals surface area (Å²) in [7, 11) is 0. The van der Waals surface area contributed by atoms with Crippen LogP contribution in [-0.2, 0) is 17.9 Å². The zero-order chi connectivity index (χ0) is 18.6. The summed E-state index contributed by atoms with van der Waals surface area (Å²) in [6, 6.07) is 13.6. The summed E-state index contributed by atoms with van der Waals surface area (Å²) in [6.07, 6.45) is 4.39. The summed E-state index contributed by atoms with van der Waals surface area (Å²) in [4.78, 5) is 19.7. The van der Waals surface area contributed by atoms with Crippen molar-refractivity contribution in [2.75, 3.05) is 12.3 Å². The maximum atomic E-state index is 12.7. The molecule has 0 N–H and O–H groups in total. The van der Waals surface area contributed by atoms with Crippen molar-refractivity contribution in [2.24, 2.45) is 0 Å². The van der Waals surface area contributed by atoms with Gasteiger partial charge in [-0.3, -0.25) is 14.5 Å². The van der Waals surface area contributed by atoms with Crippen LogP contribution < -0.4 is 0 Å². The summed E-state index contributed by atoms with van der Waals surface area (Å²) >= 11 is 7.52. The molecule has 0 atom stereocenters. The molecule has 1 aliphatic heterocycles. The molecule has 0 unspecified atom stereocenters. The molecular weight excluding hydrogens is 380 g/mol. The molecule has 1 aliphatic rings. The van der Waals surface area contributed by atoms with Crippen LogP contribution in [-0.4, -0.2) is 37.9 Å². The van der Waals surface area contributed by atoms with Crippen LogP contribution in [0.3, 0.4) is 0 Å². The van der Waals surface area contributed by atoms with E-state index in [2.05, 4.69) is 11.1 Å². The van der Waals surface area contributed by atoms with Gasteiger partial charge < -0.3 is 4.90 Å². The lowest BCUT2D eigenvalue weighted by atomic mass is 10.1. The van der Waals surface area contributed by atoms with Crippen LogP contribution in [0.4, 0.5) is 0 Å². The van der Waals surface area contributed by atoms with Gasteiger partial charge in [-0.2, -0.15) is 5.10 Å². The van der Waals surface area contributed by atoms with Gasteiger partial charge in [0.2, 0.25) is 5.91 Å². The van der Waals surface area contributed by atoms with Gasteiger partial charge in [0.15, 0.2) is 0 Å². The minimum atomic E-state index is 0.152. The molecule has 7 heteroatoms. The molecular formula is C20H19ClN4OS. The second-order valence-electron chi connectivity index (χ2n) is 6.39. The molecule has 1 amide bonds. The Kier molecular flexibility index (Phi) is 5.45. The Balaban J connectivity index is 1.46. The topological polar surface area (TPSA) is 51.0 Å². The minimum absolute atomic E-state index is 0.152. The van der Waals surface area contributed by atoms with E-state index in [-0.39, 0.29) is 5.91 Å². The molecule has 5 nitrogen and oxygen atoms in total. The highest BCUT2D eigenvalue weighted by Gasteiger charge is 2.21. The van der Waals surface area contributed by atoms with Gasteiger partial charge in [0.25, 0.3) is 0 Å². The zero-order valence-electron chi connectivity index (χ0n) is 14.7. The first-order chi connectivity index (χ1) is 13.2. The third-order valence-corrected chi connectivity index (χ3v) is 5.77. The summed E-state index contributed by atoms with van der Waals surface area (Å²) in [5.74, 6) is 0.585. The standard InChI is InChI=1S/C20H19ClN4OS/c21-16-4-2-15(3-5-16)19-12-17-13-24(10-1-11-25(17)23-19)20(26)14-27-18-6-8-22-9-7-18/h2-9,12H,1,10-11,13-14H2. The predicted octanol–water partition coefficient (Wildman–Crippen LogP) is 4.12. The van der Waals surface area contributed by atoms with E-state index in [1.54, 1.807) is 24.2 Å². The SMILES string of the molecule is O=C(CSc1ccncc1)N1CCCn2nc(-c3ccc(Cl)cc3)cc2C1. The molecule has 3 aromatic rings.